The molecular formula is C20H18N4O3. The number of rotatable bonds is 5. The highest BCUT2D eigenvalue weighted by Gasteiger charge is 2.14. The first-order chi connectivity index (χ1) is 13.2. The zero-order valence-electron chi connectivity index (χ0n) is 14.7. The fourth-order valence-corrected chi connectivity index (χ4v) is 2.66. The lowest BCUT2D eigenvalue weighted by molar-refractivity contribution is 0.102. The molecule has 0 fully saturated rings. The monoisotopic (exact) mass is 362 g/mol. The molecule has 2 heterocycles. The molecule has 0 saturated carbocycles. The van der Waals surface area contributed by atoms with Gasteiger partial charge in [-0.05, 0) is 48.4 Å². The van der Waals surface area contributed by atoms with Crippen molar-refractivity contribution in [2.75, 3.05) is 17.4 Å². The van der Waals surface area contributed by atoms with Crippen molar-refractivity contribution in [3.8, 4) is 11.5 Å². The molecule has 0 saturated heterocycles. The number of carbonyl (C=O) groups is 1. The molecule has 1 aliphatic rings. The summed E-state index contributed by atoms with van der Waals surface area (Å²) in [4.78, 5) is 12.3. The molecule has 3 aromatic rings. The van der Waals surface area contributed by atoms with E-state index in [0.717, 1.165) is 17.8 Å². The third-order valence-electron chi connectivity index (χ3n) is 4.16. The molecule has 27 heavy (non-hydrogen) atoms. The summed E-state index contributed by atoms with van der Waals surface area (Å²) in [5.74, 6) is 1.61. The fraction of sp³-hybridized carbons (Fsp3) is 0.150. The Morgan fingerprint density at radius 1 is 0.963 bits per heavy atom. The summed E-state index contributed by atoms with van der Waals surface area (Å²) in [7, 11) is 0. The van der Waals surface area contributed by atoms with Crippen LogP contribution in [0.1, 0.15) is 23.0 Å². The van der Waals surface area contributed by atoms with E-state index in [1.165, 1.54) is 5.56 Å². The molecule has 1 aromatic heterocycles. The molecule has 7 nitrogen and oxygen atoms in total. The van der Waals surface area contributed by atoms with Crippen LogP contribution in [0.15, 0.2) is 54.6 Å². The van der Waals surface area contributed by atoms with Gasteiger partial charge in [0.2, 0.25) is 6.79 Å². The van der Waals surface area contributed by atoms with Crippen LogP contribution in [0.2, 0.25) is 0 Å². The Kier molecular flexibility index (Phi) is 4.57. The molecule has 136 valence electrons. The summed E-state index contributed by atoms with van der Waals surface area (Å²) in [6, 6.07) is 16.5. The number of hydrogen-bond acceptors (Lipinski definition) is 6. The van der Waals surface area contributed by atoms with E-state index >= 15 is 0 Å². The Bertz CT molecular complexity index is 956. The highest BCUT2D eigenvalue weighted by atomic mass is 16.7. The summed E-state index contributed by atoms with van der Waals surface area (Å²) >= 11 is 0. The third-order valence-corrected chi connectivity index (χ3v) is 4.16. The minimum atomic E-state index is -0.304. The van der Waals surface area contributed by atoms with Gasteiger partial charge in [-0.1, -0.05) is 19.1 Å². The van der Waals surface area contributed by atoms with Crippen molar-refractivity contribution >= 4 is 23.1 Å². The van der Waals surface area contributed by atoms with Gasteiger partial charge in [0.1, 0.15) is 0 Å². The van der Waals surface area contributed by atoms with Crippen LogP contribution in [0.3, 0.4) is 0 Å². The van der Waals surface area contributed by atoms with Crippen molar-refractivity contribution in [1.82, 2.24) is 10.2 Å². The number of amides is 1. The highest BCUT2D eigenvalue weighted by Crippen LogP contribution is 2.34. The number of benzene rings is 2. The lowest BCUT2D eigenvalue weighted by Gasteiger charge is -2.07. The molecule has 4 rings (SSSR count). The molecule has 0 unspecified atom stereocenters. The number of hydrogen-bond donors (Lipinski definition) is 2. The van der Waals surface area contributed by atoms with Crippen molar-refractivity contribution < 1.29 is 14.3 Å². The number of aromatic nitrogens is 2. The Hall–Kier alpha value is -3.61. The highest BCUT2D eigenvalue weighted by molar-refractivity contribution is 6.02. The molecule has 0 aliphatic carbocycles. The minimum absolute atomic E-state index is 0.226. The second-order valence-corrected chi connectivity index (χ2v) is 6.00. The summed E-state index contributed by atoms with van der Waals surface area (Å²) in [5.41, 5.74) is 2.97. The molecule has 1 aliphatic heterocycles. The molecule has 0 radical (unpaired) electrons. The van der Waals surface area contributed by atoms with Crippen LogP contribution in [-0.4, -0.2) is 22.9 Å². The van der Waals surface area contributed by atoms with E-state index < -0.39 is 0 Å². The Labute approximate surface area is 156 Å². The van der Waals surface area contributed by atoms with Gasteiger partial charge < -0.3 is 20.1 Å². The van der Waals surface area contributed by atoms with Gasteiger partial charge in [-0.2, -0.15) is 0 Å². The van der Waals surface area contributed by atoms with Crippen molar-refractivity contribution in [3.05, 3.63) is 65.9 Å². The number of fused-ring (bicyclic) bond motifs is 1. The molecule has 1 amide bonds. The van der Waals surface area contributed by atoms with Crippen LogP contribution in [0.25, 0.3) is 0 Å². The summed E-state index contributed by atoms with van der Waals surface area (Å²) in [5, 5.41) is 14.0. The molecule has 2 aromatic carbocycles. The Morgan fingerprint density at radius 3 is 2.48 bits per heavy atom. The maximum absolute atomic E-state index is 12.3. The average Bonchev–Trinajstić information content (AvgIpc) is 3.17. The first-order valence-corrected chi connectivity index (χ1v) is 8.62. The number of carbonyl (C=O) groups excluding carboxylic acids is 1. The van der Waals surface area contributed by atoms with Gasteiger partial charge in [-0.15, -0.1) is 10.2 Å². The Balaban J connectivity index is 1.41. The van der Waals surface area contributed by atoms with E-state index in [4.69, 9.17) is 9.47 Å². The van der Waals surface area contributed by atoms with E-state index in [2.05, 4.69) is 27.8 Å². The van der Waals surface area contributed by atoms with Crippen molar-refractivity contribution in [2.24, 2.45) is 0 Å². The predicted octanol–water partition coefficient (Wildman–Crippen LogP) is 3.76. The van der Waals surface area contributed by atoms with Crippen LogP contribution in [-0.2, 0) is 6.42 Å². The van der Waals surface area contributed by atoms with Crippen LogP contribution >= 0.6 is 0 Å². The van der Waals surface area contributed by atoms with Gasteiger partial charge in [0.25, 0.3) is 5.91 Å². The Morgan fingerprint density at radius 2 is 1.74 bits per heavy atom. The zero-order valence-corrected chi connectivity index (χ0v) is 14.7. The predicted molar refractivity (Wildman–Crippen MR) is 102 cm³/mol. The van der Waals surface area contributed by atoms with Crippen molar-refractivity contribution in [2.45, 2.75) is 13.3 Å². The minimum Gasteiger partial charge on any atom is -0.454 e. The second kappa shape index (κ2) is 7.33. The van der Waals surface area contributed by atoms with E-state index in [0.29, 0.717) is 17.3 Å². The van der Waals surface area contributed by atoms with Crippen LogP contribution in [0.5, 0.6) is 11.5 Å². The van der Waals surface area contributed by atoms with E-state index in [1.807, 2.05) is 42.5 Å². The van der Waals surface area contributed by atoms with E-state index in [1.54, 1.807) is 12.1 Å². The fourth-order valence-electron chi connectivity index (χ4n) is 2.66. The number of aryl methyl sites for hydroxylation is 1. The number of ether oxygens (including phenoxy) is 2. The molecule has 0 bridgehead atoms. The smallest absolute Gasteiger partial charge is 0.276 e. The third kappa shape index (κ3) is 3.82. The largest absolute Gasteiger partial charge is 0.454 e. The van der Waals surface area contributed by atoms with Gasteiger partial charge in [0, 0.05) is 17.4 Å². The van der Waals surface area contributed by atoms with Crippen LogP contribution < -0.4 is 20.1 Å². The summed E-state index contributed by atoms with van der Waals surface area (Å²) in [6.45, 7) is 2.31. The number of nitrogens with one attached hydrogen (secondary N) is 2. The molecule has 7 heteroatoms. The van der Waals surface area contributed by atoms with Gasteiger partial charge >= 0.3 is 0 Å². The number of nitrogens with zero attached hydrogens (tertiary/aromatic N) is 2. The number of anilines is 3. The molecule has 0 atom stereocenters. The van der Waals surface area contributed by atoms with Crippen LogP contribution in [0, 0.1) is 0 Å². The SMILES string of the molecule is CCc1ccc(NC(=O)c2ccc(Nc3ccc4c(c3)OCO4)nn2)cc1. The first kappa shape index (κ1) is 16.8. The van der Waals surface area contributed by atoms with Crippen molar-refractivity contribution in [1.29, 1.82) is 0 Å². The molecule has 2 N–H and O–H groups in total. The second-order valence-electron chi connectivity index (χ2n) is 6.00. The van der Waals surface area contributed by atoms with Gasteiger partial charge in [-0.3, -0.25) is 4.79 Å². The maximum atomic E-state index is 12.3. The van der Waals surface area contributed by atoms with E-state index in [9.17, 15) is 4.79 Å². The van der Waals surface area contributed by atoms with Crippen LogP contribution in [0.4, 0.5) is 17.2 Å². The lowest BCUT2D eigenvalue weighted by Crippen LogP contribution is -2.14. The van der Waals surface area contributed by atoms with Gasteiger partial charge in [0.05, 0.1) is 0 Å². The van der Waals surface area contributed by atoms with E-state index in [-0.39, 0.29) is 18.4 Å². The summed E-state index contributed by atoms with van der Waals surface area (Å²) in [6.07, 6.45) is 0.956. The quantitative estimate of drug-likeness (QED) is 0.719. The normalized spacial score (nSPS) is 11.9. The maximum Gasteiger partial charge on any atom is 0.276 e. The van der Waals surface area contributed by atoms with Gasteiger partial charge in [-0.25, -0.2) is 0 Å². The molecule has 0 spiro atoms. The lowest BCUT2D eigenvalue weighted by atomic mass is 10.1. The molecular weight excluding hydrogens is 344 g/mol. The summed E-state index contributed by atoms with van der Waals surface area (Å²) < 4.78 is 10.6. The van der Waals surface area contributed by atoms with Gasteiger partial charge in [0.15, 0.2) is 23.0 Å². The van der Waals surface area contributed by atoms with Crippen molar-refractivity contribution in [3.63, 3.8) is 0 Å². The average molecular weight is 362 g/mol. The first-order valence-electron chi connectivity index (χ1n) is 8.62. The standard InChI is InChI=1S/C20H18N4O3/c1-2-13-3-5-14(6-4-13)22-20(25)16-8-10-19(24-23-16)21-15-7-9-17-18(11-15)27-12-26-17/h3-11H,2,12H2,1H3,(H,21,24)(H,22,25). The topological polar surface area (TPSA) is 85.4 Å². The zero-order chi connectivity index (χ0) is 18.6.